The first-order valence-electron chi connectivity index (χ1n) is 6.64. The Morgan fingerprint density at radius 1 is 1.00 bits per heavy atom. The van der Waals surface area contributed by atoms with E-state index in [-0.39, 0.29) is 0 Å². The molecule has 0 fully saturated rings. The Morgan fingerprint density at radius 3 is 2.70 bits per heavy atom. The van der Waals surface area contributed by atoms with Crippen LogP contribution in [0.2, 0.25) is 0 Å². The summed E-state index contributed by atoms with van der Waals surface area (Å²) < 4.78 is 0. The number of aryl methyl sites for hydroxylation is 1. The third kappa shape index (κ3) is 2.81. The van der Waals surface area contributed by atoms with Crippen molar-refractivity contribution in [3.63, 3.8) is 0 Å². The van der Waals surface area contributed by atoms with Crippen LogP contribution in [0.5, 0.6) is 0 Å². The van der Waals surface area contributed by atoms with E-state index in [2.05, 4.69) is 27.2 Å². The van der Waals surface area contributed by atoms with E-state index in [1.807, 2.05) is 48.9 Å². The molecule has 3 rings (SSSR count). The second-order valence-corrected chi connectivity index (χ2v) is 4.76. The van der Waals surface area contributed by atoms with Gasteiger partial charge in [-0.1, -0.05) is 12.1 Å². The number of hydrogen-bond acceptors (Lipinski definition) is 4. The van der Waals surface area contributed by atoms with Crippen molar-refractivity contribution in [2.24, 2.45) is 0 Å². The highest BCUT2D eigenvalue weighted by Crippen LogP contribution is 2.09. The van der Waals surface area contributed by atoms with E-state index in [0.29, 0.717) is 6.54 Å². The molecule has 100 valence electrons. The number of nitrogens with zero attached hydrogens (tertiary/aromatic N) is 3. The number of para-hydroxylation sites is 2. The molecule has 1 aromatic carbocycles. The topological polar surface area (TPSA) is 50.7 Å². The molecule has 0 saturated heterocycles. The van der Waals surface area contributed by atoms with E-state index >= 15 is 0 Å². The second-order valence-electron chi connectivity index (χ2n) is 4.76. The molecule has 2 heterocycles. The molecule has 1 N–H and O–H groups in total. The molecule has 0 aliphatic heterocycles. The van der Waals surface area contributed by atoms with Crippen LogP contribution in [-0.4, -0.2) is 15.0 Å². The van der Waals surface area contributed by atoms with Crippen LogP contribution in [0.15, 0.2) is 48.9 Å². The van der Waals surface area contributed by atoms with Crippen molar-refractivity contribution in [2.45, 2.75) is 20.0 Å². The van der Waals surface area contributed by atoms with Gasteiger partial charge in [0.1, 0.15) is 0 Å². The Labute approximate surface area is 117 Å². The average Bonchev–Trinajstić information content (AvgIpc) is 2.49. The second kappa shape index (κ2) is 5.75. The molecule has 0 spiro atoms. The van der Waals surface area contributed by atoms with E-state index in [1.54, 1.807) is 0 Å². The zero-order valence-corrected chi connectivity index (χ0v) is 11.4. The predicted octanol–water partition coefficient (Wildman–Crippen LogP) is 2.62. The van der Waals surface area contributed by atoms with Gasteiger partial charge in [0.15, 0.2) is 0 Å². The number of pyridine rings is 1. The van der Waals surface area contributed by atoms with E-state index in [0.717, 1.165) is 23.3 Å². The maximum atomic E-state index is 4.59. The summed E-state index contributed by atoms with van der Waals surface area (Å²) >= 11 is 0. The molecule has 4 heteroatoms. The number of aromatic nitrogens is 3. The Bertz CT molecular complexity index is 724. The Morgan fingerprint density at radius 2 is 1.85 bits per heavy atom. The van der Waals surface area contributed by atoms with Crippen molar-refractivity contribution < 1.29 is 0 Å². The number of hydrogen-bond donors (Lipinski definition) is 1. The van der Waals surface area contributed by atoms with Gasteiger partial charge >= 0.3 is 0 Å². The lowest BCUT2D eigenvalue weighted by Gasteiger charge is -2.07. The van der Waals surface area contributed by atoms with Gasteiger partial charge in [0.05, 0.1) is 22.9 Å². The lowest BCUT2D eigenvalue weighted by Crippen LogP contribution is -2.14. The summed E-state index contributed by atoms with van der Waals surface area (Å²) in [7, 11) is 0. The van der Waals surface area contributed by atoms with Crippen LogP contribution >= 0.6 is 0 Å². The van der Waals surface area contributed by atoms with Gasteiger partial charge in [-0.15, -0.1) is 0 Å². The van der Waals surface area contributed by atoms with Crippen molar-refractivity contribution in [3.8, 4) is 0 Å². The standard InChI is InChI=1S/C16H16N4/c1-12-6-7-17-8-13(12)9-18-10-14-11-19-15-4-2-3-5-16(15)20-14/h2-8,11,18H,9-10H2,1H3. The first kappa shape index (κ1) is 12.7. The van der Waals surface area contributed by atoms with E-state index in [9.17, 15) is 0 Å². The fourth-order valence-electron chi connectivity index (χ4n) is 2.09. The first-order chi connectivity index (χ1) is 9.83. The molecule has 0 saturated carbocycles. The Balaban J connectivity index is 1.67. The van der Waals surface area contributed by atoms with Crippen LogP contribution in [0, 0.1) is 6.92 Å². The normalized spacial score (nSPS) is 10.8. The van der Waals surface area contributed by atoms with E-state index in [1.165, 1.54) is 11.1 Å². The fraction of sp³-hybridized carbons (Fsp3) is 0.188. The highest BCUT2D eigenvalue weighted by Gasteiger charge is 2.01. The molecule has 0 bridgehead atoms. The monoisotopic (exact) mass is 264 g/mol. The van der Waals surface area contributed by atoms with Gasteiger partial charge in [-0.2, -0.15) is 0 Å². The van der Waals surface area contributed by atoms with Crippen LogP contribution in [-0.2, 0) is 13.1 Å². The minimum absolute atomic E-state index is 0.701. The smallest absolute Gasteiger partial charge is 0.0890 e. The van der Waals surface area contributed by atoms with Crippen molar-refractivity contribution in [3.05, 3.63) is 65.7 Å². The van der Waals surface area contributed by atoms with Crippen molar-refractivity contribution in [2.75, 3.05) is 0 Å². The fourth-order valence-corrected chi connectivity index (χ4v) is 2.09. The van der Waals surface area contributed by atoms with Crippen molar-refractivity contribution >= 4 is 11.0 Å². The van der Waals surface area contributed by atoms with Crippen LogP contribution in [0.3, 0.4) is 0 Å². The van der Waals surface area contributed by atoms with E-state index < -0.39 is 0 Å². The zero-order chi connectivity index (χ0) is 13.8. The molecule has 0 amide bonds. The van der Waals surface area contributed by atoms with Gasteiger partial charge in [-0.3, -0.25) is 9.97 Å². The molecule has 4 nitrogen and oxygen atoms in total. The van der Waals surface area contributed by atoms with Crippen LogP contribution in [0.1, 0.15) is 16.8 Å². The third-order valence-corrected chi connectivity index (χ3v) is 3.27. The average molecular weight is 264 g/mol. The minimum Gasteiger partial charge on any atom is -0.307 e. The summed E-state index contributed by atoms with van der Waals surface area (Å²) in [4.78, 5) is 13.1. The predicted molar refractivity (Wildman–Crippen MR) is 79.1 cm³/mol. The molecule has 0 unspecified atom stereocenters. The van der Waals surface area contributed by atoms with Crippen LogP contribution in [0.4, 0.5) is 0 Å². The Kier molecular flexibility index (Phi) is 3.65. The molecular weight excluding hydrogens is 248 g/mol. The number of rotatable bonds is 4. The molecule has 0 aliphatic carbocycles. The van der Waals surface area contributed by atoms with Gasteiger partial charge in [0.25, 0.3) is 0 Å². The maximum absolute atomic E-state index is 4.59. The molecular formula is C16H16N4. The zero-order valence-electron chi connectivity index (χ0n) is 11.4. The summed E-state index contributed by atoms with van der Waals surface area (Å²) in [6.45, 7) is 3.58. The molecule has 3 aromatic rings. The van der Waals surface area contributed by atoms with Crippen molar-refractivity contribution in [1.82, 2.24) is 20.3 Å². The molecule has 0 aliphatic rings. The number of fused-ring (bicyclic) bond motifs is 1. The minimum atomic E-state index is 0.701. The quantitative estimate of drug-likeness (QED) is 0.787. The SMILES string of the molecule is Cc1ccncc1CNCc1cnc2ccccc2n1. The largest absolute Gasteiger partial charge is 0.307 e. The highest BCUT2D eigenvalue weighted by molar-refractivity contribution is 5.73. The summed E-state index contributed by atoms with van der Waals surface area (Å²) in [6, 6.07) is 9.93. The summed E-state index contributed by atoms with van der Waals surface area (Å²) in [5.41, 5.74) is 5.27. The molecule has 0 radical (unpaired) electrons. The van der Waals surface area contributed by atoms with Gasteiger partial charge in [-0.05, 0) is 36.2 Å². The van der Waals surface area contributed by atoms with Crippen LogP contribution in [0.25, 0.3) is 11.0 Å². The molecule has 20 heavy (non-hydrogen) atoms. The Hall–Kier alpha value is -2.33. The van der Waals surface area contributed by atoms with Crippen molar-refractivity contribution in [1.29, 1.82) is 0 Å². The van der Waals surface area contributed by atoms with Gasteiger partial charge in [-0.25, -0.2) is 4.98 Å². The van der Waals surface area contributed by atoms with E-state index in [4.69, 9.17) is 0 Å². The third-order valence-electron chi connectivity index (χ3n) is 3.27. The maximum Gasteiger partial charge on any atom is 0.0890 e. The number of benzene rings is 1. The molecule has 2 aromatic heterocycles. The first-order valence-corrected chi connectivity index (χ1v) is 6.64. The van der Waals surface area contributed by atoms with Gasteiger partial charge in [0, 0.05) is 25.5 Å². The van der Waals surface area contributed by atoms with Gasteiger partial charge in [0.2, 0.25) is 0 Å². The lowest BCUT2D eigenvalue weighted by atomic mass is 10.1. The molecule has 0 atom stereocenters. The highest BCUT2D eigenvalue weighted by atomic mass is 14.9. The summed E-state index contributed by atoms with van der Waals surface area (Å²) in [6.07, 6.45) is 5.54. The van der Waals surface area contributed by atoms with Gasteiger partial charge < -0.3 is 5.32 Å². The summed E-state index contributed by atoms with van der Waals surface area (Å²) in [5, 5.41) is 3.38. The van der Waals surface area contributed by atoms with Crippen LogP contribution < -0.4 is 5.32 Å². The lowest BCUT2D eigenvalue weighted by molar-refractivity contribution is 0.675. The summed E-state index contributed by atoms with van der Waals surface area (Å²) in [5.74, 6) is 0. The number of nitrogens with one attached hydrogen (secondary N) is 1.